The monoisotopic (exact) mass is 617 g/mol. The summed E-state index contributed by atoms with van der Waals surface area (Å²) in [5.74, 6) is -0.557. The van der Waals surface area contributed by atoms with Crippen molar-refractivity contribution in [1.29, 1.82) is 0 Å². The minimum Gasteiger partial charge on any atom is -0.449 e. The smallest absolute Gasteiger partial charge is 0.407 e. The third-order valence-corrected chi connectivity index (χ3v) is 8.18. The molecule has 0 bridgehead atoms. The number of alkyl carbamates (subject to hydrolysis) is 1. The van der Waals surface area contributed by atoms with Crippen molar-refractivity contribution in [2.45, 2.75) is 51.9 Å². The molecule has 0 saturated heterocycles. The molecule has 3 atom stereocenters. The quantitative estimate of drug-likeness (QED) is 0.165. The zero-order chi connectivity index (χ0) is 32.7. The number of rotatable bonds is 14. The Morgan fingerprint density at radius 3 is 1.98 bits per heavy atom. The van der Waals surface area contributed by atoms with Gasteiger partial charge in [-0.1, -0.05) is 88.4 Å². The summed E-state index contributed by atoms with van der Waals surface area (Å²) in [5, 5.41) is 14.6. The number of para-hydroxylation sites is 1. The number of nitro groups is 1. The molecule has 3 aromatic rings. The first kappa shape index (κ1) is 33.6. The standard InChI is InChI=1S/C35H43N3O7/c1-22(2)19-37(20-31(43-5)33(44-6)28-17-11-12-18-30(28)38(41)42)34(39)32(23(3)4)36-35(40)45-21-29-26-15-9-7-13-24(26)25-14-8-10-16-27(25)29/h7-18,22-23,29,31-33H,19-21H2,1-6H3,(H,36,40)/t31-,32+,33-/m1/s1. The van der Waals surface area contributed by atoms with E-state index in [2.05, 4.69) is 29.6 Å². The van der Waals surface area contributed by atoms with Crippen LogP contribution >= 0.6 is 0 Å². The van der Waals surface area contributed by atoms with E-state index < -0.39 is 29.3 Å². The number of nitrogens with zero attached hydrogens (tertiary/aromatic N) is 2. The van der Waals surface area contributed by atoms with Crippen LogP contribution < -0.4 is 5.32 Å². The highest BCUT2D eigenvalue weighted by Gasteiger charge is 2.36. The zero-order valence-corrected chi connectivity index (χ0v) is 26.8. The van der Waals surface area contributed by atoms with Gasteiger partial charge in [0.15, 0.2) is 0 Å². The van der Waals surface area contributed by atoms with Crippen LogP contribution in [-0.2, 0) is 19.0 Å². The number of benzene rings is 3. The van der Waals surface area contributed by atoms with Gasteiger partial charge in [0.05, 0.1) is 10.5 Å². The Morgan fingerprint density at radius 2 is 1.44 bits per heavy atom. The molecule has 1 aliphatic carbocycles. The zero-order valence-electron chi connectivity index (χ0n) is 26.8. The van der Waals surface area contributed by atoms with Gasteiger partial charge >= 0.3 is 6.09 Å². The molecule has 0 spiro atoms. The molecule has 0 aromatic heterocycles. The molecule has 0 saturated carbocycles. The molecule has 1 N–H and O–H groups in total. The number of hydrogen-bond acceptors (Lipinski definition) is 7. The number of nitro benzene ring substituents is 1. The van der Waals surface area contributed by atoms with E-state index in [9.17, 15) is 19.7 Å². The normalized spacial score (nSPS) is 14.4. The average molecular weight is 618 g/mol. The van der Waals surface area contributed by atoms with Crippen molar-refractivity contribution in [2.75, 3.05) is 33.9 Å². The Kier molecular flexibility index (Phi) is 11.3. The van der Waals surface area contributed by atoms with Crippen molar-refractivity contribution in [3.63, 3.8) is 0 Å². The third kappa shape index (κ3) is 7.69. The first-order valence-corrected chi connectivity index (χ1v) is 15.3. The molecule has 0 fully saturated rings. The van der Waals surface area contributed by atoms with E-state index in [-0.39, 0.29) is 42.5 Å². The Balaban J connectivity index is 1.50. The van der Waals surface area contributed by atoms with Gasteiger partial charge in [0, 0.05) is 39.3 Å². The molecule has 0 radical (unpaired) electrons. The number of carbonyl (C=O) groups is 2. The van der Waals surface area contributed by atoms with Crippen LogP contribution in [0.15, 0.2) is 72.8 Å². The van der Waals surface area contributed by atoms with Crippen LogP contribution in [0.2, 0.25) is 0 Å². The molecule has 4 rings (SSSR count). The molecule has 2 amide bonds. The predicted molar refractivity (Wildman–Crippen MR) is 172 cm³/mol. The predicted octanol–water partition coefficient (Wildman–Crippen LogP) is 6.35. The van der Waals surface area contributed by atoms with E-state index in [1.165, 1.54) is 20.3 Å². The van der Waals surface area contributed by atoms with Gasteiger partial charge in [0.1, 0.15) is 24.9 Å². The number of ether oxygens (including phenoxy) is 3. The number of carbonyl (C=O) groups excluding carboxylic acids is 2. The summed E-state index contributed by atoms with van der Waals surface area (Å²) in [6.07, 6.45) is -2.21. The van der Waals surface area contributed by atoms with Crippen LogP contribution in [0.5, 0.6) is 0 Å². The van der Waals surface area contributed by atoms with Crippen LogP contribution in [0.1, 0.15) is 56.4 Å². The molecular formula is C35H43N3O7. The minimum absolute atomic E-state index is 0.0909. The van der Waals surface area contributed by atoms with Crippen LogP contribution in [0.3, 0.4) is 0 Å². The second-order valence-corrected chi connectivity index (χ2v) is 12.1. The molecule has 1 aliphatic rings. The number of amides is 2. The van der Waals surface area contributed by atoms with Gasteiger partial charge in [-0.25, -0.2) is 4.79 Å². The summed E-state index contributed by atoms with van der Waals surface area (Å²) in [5.41, 5.74) is 4.72. The molecule has 0 unspecified atom stereocenters. The molecule has 0 heterocycles. The van der Waals surface area contributed by atoms with E-state index in [4.69, 9.17) is 14.2 Å². The largest absolute Gasteiger partial charge is 0.449 e. The SMILES string of the molecule is CO[C@H](c1ccccc1[N+](=O)[O-])[C@@H](CN(CC(C)C)C(=O)[C@@H](NC(=O)OCC1c2ccccc2-c2ccccc21)C(C)C)OC. The minimum atomic E-state index is -0.871. The number of fused-ring (bicyclic) bond motifs is 3. The summed E-state index contributed by atoms with van der Waals surface area (Å²) in [6, 6.07) is 21.7. The summed E-state index contributed by atoms with van der Waals surface area (Å²) < 4.78 is 17.2. The first-order chi connectivity index (χ1) is 21.6. The van der Waals surface area contributed by atoms with Crippen LogP contribution in [0.4, 0.5) is 10.5 Å². The molecule has 10 heteroatoms. The summed E-state index contributed by atoms with van der Waals surface area (Å²) in [4.78, 5) is 40.2. The van der Waals surface area contributed by atoms with Gasteiger partial charge in [0.2, 0.25) is 5.91 Å². The third-order valence-electron chi connectivity index (χ3n) is 8.18. The van der Waals surface area contributed by atoms with Gasteiger partial charge in [-0.05, 0) is 40.2 Å². The van der Waals surface area contributed by atoms with Crippen molar-refractivity contribution < 1.29 is 28.7 Å². The summed E-state index contributed by atoms with van der Waals surface area (Å²) in [6.45, 7) is 8.29. The van der Waals surface area contributed by atoms with Crippen molar-refractivity contribution in [2.24, 2.45) is 11.8 Å². The Labute approximate surface area is 264 Å². The maximum absolute atomic E-state index is 14.1. The lowest BCUT2D eigenvalue weighted by Gasteiger charge is -2.35. The number of hydrogen-bond donors (Lipinski definition) is 1. The van der Waals surface area contributed by atoms with Gasteiger partial charge < -0.3 is 24.4 Å². The molecule has 10 nitrogen and oxygen atoms in total. The summed E-state index contributed by atoms with van der Waals surface area (Å²) in [7, 11) is 2.94. The Bertz CT molecular complexity index is 1450. The lowest BCUT2D eigenvalue weighted by Crippen LogP contribution is -2.54. The molecule has 45 heavy (non-hydrogen) atoms. The number of nitrogens with one attached hydrogen (secondary N) is 1. The van der Waals surface area contributed by atoms with Crippen molar-refractivity contribution >= 4 is 17.7 Å². The first-order valence-electron chi connectivity index (χ1n) is 15.3. The van der Waals surface area contributed by atoms with E-state index in [1.54, 1.807) is 23.1 Å². The van der Waals surface area contributed by atoms with Crippen molar-refractivity contribution in [3.05, 3.63) is 99.6 Å². The average Bonchev–Trinajstić information content (AvgIpc) is 3.35. The summed E-state index contributed by atoms with van der Waals surface area (Å²) >= 11 is 0. The van der Waals surface area contributed by atoms with Gasteiger partial charge in [-0.2, -0.15) is 0 Å². The second-order valence-electron chi connectivity index (χ2n) is 12.1. The highest BCUT2D eigenvalue weighted by atomic mass is 16.6. The van der Waals surface area contributed by atoms with Gasteiger partial charge in [-0.3, -0.25) is 14.9 Å². The van der Waals surface area contributed by atoms with Crippen LogP contribution in [0, 0.1) is 22.0 Å². The topological polar surface area (TPSA) is 120 Å². The lowest BCUT2D eigenvalue weighted by molar-refractivity contribution is -0.386. The van der Waals surface area contributed by atoms with E-state index in [0.29, 0.717) is 12.1 Å². The lowest BCUT2D eigenvalue weighted by atomic mass is 9.98. The Morgan fingerprint density at radius 1 is 0.867 bits per heavy atom. The van der Waals surface area contributed by atoms with Crippen LogP contribution in [0.25, 0.3) is 11.1 Å². The molecular weight excluding hydrogens is 574 g/mol. The maximum atomic E-state index is 14.1. The fraction of sp³-hybridized carbons (Fsp3) is 0.429. The fourth-order valence-electron chi connectivity index (χ4n) is 6.06. The van der Waals surface area contributed by atoms with E-state index in [0.717, 1.165) is 22.3 Å². The fourth-order valence-corrected chi connectivity index (χ4v) is 6.06. The molecule has 3 aromatic carbocycles. The molecule has 240 valence electrons. The van der Waals surface area contributed by atoms with Gasteiger partial charge in [0.25, 0.3) is 5.69 Å². The van der Waals surface area contributed by atoms with Gasteiger partial charge in [-0.15, -0.1) is 0 Å². The van der Waals surface area contributed by atoms with E-state index >= 15 is 0 Å². The van der Waals surface area contributed by atoms with E-state index in [1.807, 2.05) is 52.0 Å². The highest BCUT2D eigenvalue weighted by molar-refractivity contribution is 5.86. The highest BCUT2D eigenvalue weighted by Crippen LogP contribution is 2.44. The van der Waals surface area contributed by atoms with Crippen LogP contribution in [-0.4, -0.2) is 67.9 Å². The molecule has 0 aliphatic heterocycles. The van der Waals surface area contributed by atoms with Crippen molar-refractivity contribution in [3.8, 4) is 11.1 Å². The second kappa shape index (κ2) is 15.1. The Hall–Kier alpha value is -4.28. The number of methoxy groups -OCH3 is 2. The maximum Gasteiger partial charge on any atom is 0.407 e. The van der Waals surface area contributed by atoms with Crippen molar-refractivity contribution in [1.82, 2.24) is 10.2 Å².